The van der Waals surface area contributed by atoms with Gasteiger partial charge in [-0.15, -0.1) is 0 Å². The smallest absolute Gasteiger partial charge is 0.266 e. The molecule has 3 aromatic rings. The number of aryl methyl sites for hydroxylation is 1. The summed E-state index contributed by atoms with van der Waals surface area (Å²) in [5.41, 5.74) is 0.828. The largest absolute Gasteiger partial charge is 0.336 e. The van der Waals surface area contributed by atoms with E-state index < -0.39 is 0 Å². The molecule has 4 rings (SSSR count). The van der Waals surface area contributed by atoms with Crippen molar-refractivity contribution >= 4 is 5.95 Å². The van der Waals surface area contributed by atoms with Gasteiger partial charge in [0.15, 0.2) is 5.82 Å². The lowest BCUT2D eigenvalue weighted by atomic mass is 10.2. The Hall–Kier alpha value is -3.03. The molecule has 8 heteroatoms. The Kier molecular flexibility index (Phi) is 4.01. The Morgan fingerprint density at radius 3 is 2.96 bits per heavy atom. The maximum atomic E-state index is 12.3. The van der Waals surface area contributed by atoms with Gasteiger partial charge in [0.2, 0.25) is 5.95 Å². The molecule has 0 aliphatic carbocycles. The minimum atomic E-state index is -0.110. The maximum absolute atomic E-state index is 12.3. The predicted molar refractivity (Wildman–Crippen MR) is 92.8 cm³/mol. The van der Waals surface area contributed by atoms with E-state index in [0.29, 0.717) is 12.4 Å². The van der Waals surface area contributed by atoms with E-state index >= 15 is 0 Å². The van der Waals surface area contributed by atoms with Crippen molar-refractivity contribution in [3.8, 4) is 5.82 Å². The molecular formula is C17H19N7O. The first-order valence-corrected chi connectivity index (χ1v) is 8.33. The molecular weight excluding hydrogens is 318 g/mol. The van der Waals surface area contributed by atoms with Crippen molar-refractivity contribution in [2.24, 2.45) is 0 Å². The van der Waals surface area contributed by atoms with Gasteiger partial charge in [-0.05, 0) is 31.9 Å². The number of imidazole rings is 1. The van der Waals surface area contributed by atoms with E-state index in [1.165, 1.54) is 4.68 Å². The van der Waals surface area contributed by atoms with Gasteiger partial charge in [-0.3, -0.25) is 9.36 Å². The van der Waals surface area contributed by atoms with Crippen LogP contribution in [0, 0.1) is 6.92 Å². The second-order valence-electron chi connectivity index (χ2n) is 6.17. The van der Waals surface area contributed by atoms with Crippen molar-refractivity contribution in [1.29, 1.82) is 0 Å². The van der Waals surface area contributed by atoms with Crippen LogP contribution in [0.4, 0.5) is 5.95 Å². The standard InChI is InChI=1S/C17H19N7O/c1-13-6-7-19-17(20-13)23-9-2-3-14(23)11-24-16(25)5-4-15(21-24)22-10-8-18-12-22/h4-8,10,12,14H,2-3,9,11H2,1H3. The molecule has 128 valence electrons. The SMILES string of the molecule is Cc1ccnc(N2CCCC2Cn2nc(-n3ccnc3)ccc2=O)n1. The molecule has 1 unspecified atom stereocenters. The van der Waals surface area contributed by atoms with Crippen molar-refractivity contribution in [2.45, 2.75) is 32.4 Å². The van der Waals surface area contributed by atoms with Gasteiger partial charge >= 0.3 is 0 Å². The molecule has 1 aliphatic rings. The van der Waals surface area contributed by atoms with Crippen LogP contribution in [-0.4, -0.2) is 41.9 Å². The molecule has 0 N–H and O–H groups in total. The Morgan fingerprint density at radius 2 is 2.16 bits per heavy atom. The maximum Gasteiger partial charge on any atom is 0.266 e. The number of rotatable bonds is 4. The summed E-state index contributed by atoms with van der Waals surface area (Å²) in [5, 5.41) is 4.48. The van der Waals surface area contributed by atoms with E-state index in [-0.39, 0.29) is 11.6 Å². The van der Waals surface area contributed by atoms with Gasteiger partial charge in [-0.25, -0.2) is 19.6 Å². The van der Waals surface area contributed by atoms with Crippen LogP contribution in [0.1, 0.15) is 18.5 Å². The van der Waals surface area contributed by atoms with Crippen molar-refractivity contribution < 1.29 is 0 Å². The molecule has 25 heavy (non-hydrogen) atoms. The lowest BCUT2D eigenvalue weighted by molar-refractivity contribution is 0.482. The first-order valence-electron chi connectivity index (χ1n) is 8.33. The van der Waals surface area contributed by atoms with Gasteiger partial charge < -0.3 is 4.90 Å². The number of aromatic nitrogens is 6. The summed E-state index contributed by atoms with van der Waals surface area (Å²) in [6.45, 7) is 3.36. The minimum absolute atomic E-state index is 0.110. The quantitative estimate of drug-likeness (QED) is 0.711. The van der Waals surface area contributed by atoms with E-state index in [0.717, 1.165) is 31.0 Å². The summed E-state index contributed by atoms with van der Waals surface area (Å²) >= 11 is 0. The summed E-state index contributed by atoms with van der Waals surface area (Å²) in [5.74, 6) is 1.40. The van der Waals surface area contributed by atoms with Crippen LogP contribution in [0.2, 0.25) is 0 Å². The monoisotopic (exact) mass is 337 g/mol. The second kappa shape index (κ2) is 6.46. The zero-order valence-corrected chi connectivity index (χ0v) is 14.0. The van der Waals surface area contributed by atoms with E-state index in [9.17, 15) is 4.79 Å². The Morgan fingerprint density at radius 1 is 1.24 bits per heavy atom. The van der Waals surface area contributed by atoms with Crippen LogP contribution in [-0.2, 0) is 6.54 Å². The average Bonchev–Trinajstić information content (AvgIpc) is 3.28. The molecule has 0 amide bonds. The lowest BCUT2D eigenvalue weighted by Gasteiger charge is -2.25. The fourth-order valence-electron chi connectivity index (χ4n) is 3.16. The number of hydrogen-bond donors (Lipinski definition) is 0. The molecule has 0 radical (unpaired) electrons. The molecule has 0 saturated carbocycles. The summed E-state index contributed by atoms with van der Waals surface area (Å²) in [6.07, 6.45) is 8.97. The number of nitrogens with zero attached hydrogens (tertiary/aromatic N) is 7. The molecule has 0 aromatic carbocycles. The molecule has 1 saturated heterocycles. The normalized spacial score (nSPS) is 17.2. The highest BCUT2D eigenvalue weighted by atomic mass is 16.1. The van der Waals surface area contributed by atoms with Gasteiger partial charge in [0.1, 0.15) is 6.33 Å². The highest BCUT2D eigenvalue weighted by molar-refractivity contribution is 5.33. The molecule has 1 atom stereocenters. The molecule has 0 bridgehead atoms. The van der Waals surface area contributed by atoms with Gasteiger partial charge in [0, 0.05) is 36.9 Å². The molecule has 4 heterocycles. The molecule has 1 aliphatic heterocycles. The Labute approximate surface area is 144 Å². The van der Waals surface area contributed by atoms with Crippen LogP contribution < -0.4 is 10.5 Å². The van der Waals surface area contributed by atoms with E-state index in [4.69, 9.17) is 0 Å². The third-order valence-corrected chi connectivity index (χ3v) is 4.42. The van der Waals surface area contributed by atoms with Gasteiger partial charge in [0.25, 0.3) is 5.56 Å². The average molecular weight is 337 g/mol. The summed E-state index contributed by atoms with van der Waals surface area (Å²) < 4.78 is 3.31. The molecule has 8 nitrogen and oxygen atoms in total. The number of anilines is 1. The van der Waals surface area contributed by atoms with Crippen LogP contribution >= 0.6 is 0 Å². The third kappa shape index (κ3) is 3.15. The van der Waals surface area contributed by atoms with Gasteiger partial charge in [0.05, 0.1) is 12.6 Å². The summed E-state index contributed by atoms with van der Waals surface area (Å²) in [6, 6.07) is 5.29. The van der Waals surface area contributed by atoms with Gasteiger partial charge in [-0.1, -0.05) is 0 Å². The van der Waals surface area contributed by atoms with Crippen LogP contribution in [0.5, 0.6) is 0 Å². The van der Waals surface area contributed by atoms with Crippen molar-refractivity contribution in [3.63, 3.8) is 0 Å². The zero-order valence-electron chi connectivity index (χ0n) is 14.0. The molecule has 1 fully saturated rings. The summed E-state index contributed by atoms with van der Waals surface area (Å²) in [4.78, 5) is 27.4. The number of hydrogen-bond acceptors (Lipinski definition) is 6. The van der Waals surface area contributed by atoms with Gasteiger partial charge in [-0.2, -0.15) is 5.10 Å². The highest BCUT2D eigenvalue weighted by Crippen LogP contribution is 2.23. The predicted octanol–water partition coefficient (Wildman–Crippen LogP) is 1.20. The Bertz CT molecular complexity index is 919. The topological polar surface area (TPSA) is 81.7 Å². The van der Waals surface area contributed by atoms with E-state index in [1.54, 1.807) is 41.6 Å². The first kappa shape index (κ1) is 15.5. The van der Waals surface area contributed by atoms with E-state index in [2.05, 4.69) is 25.0 Å². The van der Waals surface area contributed by atoms with Crippen molar-refractivity contribution in [3.05, 3.63) is 59.2 Å². The fraction of sp³-hybridized carbons (Fsp3) is 0.353. The lowest BCUT2D eigenvalue weighted by Crippen LogP contribution is -2.38. The minimum Gasteiger partial charge on any atom is -0.336 e. The Balaban J connectivity index is 1.61. The third-order valence-electron chi connectivity index (χ3n) is 4.42. The summed E-state index contributed by atoms with van der Waals surface area (Å²) in [7, 11) is 0. The van der Waals surface area contributed by atoms with Crippen LogP contribution in [0.3, 0.4) is 0 Å². The fourth-order valence-corrected chi connectivity index (χ4v) is 3.16. The first-order chi connectivity index (χ1) is 12.2. The van der Waals surface area contributed by atoms with Crippen molar-refractivity contribution in [1.82, 2.24) is 29.3 Å². The van der Waals surface area contributed by atoms with E-state index in [1.807, 2.05) is 13.0 Å². The zero-order chi connectivity index (χ0) is 17.2. The highest BCUT2D eigenvalue weighted by Gasteiger charge is 2.27. The van der Waals surface area contributed by atoms with Crippen LogP contribution in [0.25, 0.3) is 5.82 Å². The second-order valence-corrected chi connectivity index (χ2v) is 6.17. The molecule has 3 aromatic heterocycles. The van der Waals surface area contributed by atoms with Crippen molar-refractivity contribution in [2.75, 3.05) is 11.4 Å². The molecule has 0 spiro atoms. The van der Waals surface area contributed by atoms with Crippen LogP contribution in [0.15, 0.2) is 47.9 Å².